The molecule has 2 aromatic heterocycles. The summed E-state index contributed by atoms with van der Waals surface area (Å²) in [5.41, 5.74) is 4.65. The van der Waals surface area contributed by atoms with Crippen molar-refractivity contribution in [2.75, 3.05) is 7.05 Å². The minimum atomic E-state index is 0.662. The van der Waals surface area contributed by atoms with Crippen molar-refractivity contribution in [2.24, 2.45) is 0 Å². The van der Waals surface area contributed by atoms with Gasteiger partial charge in [-0.1, -0.05) is 0 Å². The van der Waals surface area contributed by atoms with Crippen LogP contribution in [0.2, 0.25) is 0 Å². The Balaban J connectivity index is 1.68. The zero-order chi connectivity index (χ0) is 17.4. The molecule has 4 rings (SSSR count). The zero-order valence-electron chi connectivity index (χ0n) is 14.4. The zero-order valence-corrected chi connectivity index (χ0v) is 15.2. The molecule has 0 aliphatic carbocycles. The molecule has 3 heterocycles. The van der Waals surface area contributed by atoms with E-state index in [9.17, 15) is 0 Å². The van der Waals surface area contributed by atoms with Gasteiger partial charge in [-0.05, 0) is 60.5 Å². The van der Waals surface area contributed by atoms with Gasteiger partial charge < -0.3 is 15.0 Å². The van der Waals surface area contributed by atoms with Gasteiger partial charge in [-0.2, -0.15) is 0 Å². The van der Waals surface area contributed by atoms with Crippen LogP contribution in [0, 0.1) is 6.92 Å². The van der Waals surface area contributed by atoms with Gasteiger partial charge in [-0.15, -0.1) is 11.3 Å². The van der Waals surface area contributed by atoms with Crippen LogP contribution in [-0.2, 0) is 0 Å². The summed E-state index contributed by atoms with van der Waals surface area (Å²) in [7, 11) is 2.06. The van der Waals surface area contributed by atoms with Crippen LogP contribution < -0.4 is 10.1 Å². The summed E-state index contributed by atoms with van der Waals surface area (Å²) in [6.07, 6.45) is 5.75. The topological polar surface area (TPSA) is 37.4 Å². The summed E-state index contributed by atoms with van der Waals surface area (Å²) in [4.78, 5) is 6.52. The van der Waals surface area contributed by atoms with Gasteiger partial charge in [0.25, 0.3) is 0 Å². The first-order chi connectivity index (χ1) is 12.1. The van der Waals surface area contributed by atoms with Crippen molar-refractivity contribution in [2.45, 2.75) is 13.8 Å². The van der Waals surface area contributed by atoms with Crippen LogP contribution >= 0.6 is 11.3 Å². The molecule has 5 heteroatoms. The number of hydrogen-bond acceptors (Lipinski definition) is 5. The Morgan fingerprint density at radius 2 is 2.04 bits per heavy atom. The van der Waals surface area contributed by atoms with Crippen LogP contribution in [0.5, 0.6) is 11.6 Å². The third-order valence-corrected chi connectivity index (χ3v) is 5.23. The fraction of sp³-hybridized carbons (Fsp3) is 0.150. The lowest BCUT2D eigenvalue weighted by atomic mass is 10.0. The number of fused-ring (bicyclic) bond motifs is 1. The number of benzene rings is 1. The molecule has 0 atom stereocenters. The average Bonchev–Trinajstić information content (AvgIpc) is 3.06. The van der Waals surface area contributed by atoms with Crippen molar-refractivity contribution in [1.29, 1.82) is 0 Å². The summed E-state index contributed by atoms with van der Waals surface area (Å²) in [5, 5.41) is 6.49. The molecule has 3 aromatic rings. The second-order valence-corrected chi connectivity index (χ2v) is 6.99. The maximum atomic E-state index is 6.07. The van der Waals surface area contributed by atoms with Crippen LogP contribution in [0.25, 0.3) is 15.8 Å². The molecule has 1 aliphatic rings. The number of thiophene rings is 1. The Bertz CT molecular complexity index is 1000. The molecule has 4 nitrogen and oxygen atoms in total. The fourth-order valence-electron chi connectivity index (χ4n) is 3.09. The van der Waals surface area contributed by atoms with Gasteiger partial charge in [0.1, 0.15) is 5.75 Å². The smallest absolute Gasteiger partial charge is 0.237 e. The minimum absolute atomic E-state index is 0.662. The Kier molecular flexibility index (Phi) is 3.93. The summed E-state index contributed by atoms with van der Waals surface area (Å²) >= 11 is 1.65. The van der Waals surface area contributed by atoms with E-state index in [1.54, 1.807) is 17.5 Å². The maximum Gasteiger partial charge on any atom is 0.237 e. The molecule has 0 spiro atoms. The highest BCUT2D eigenvalue weighted by molar-refractivity contribution is 7.17. The van der Waals surface area contributed by atoms with E-state index in [0.29, 0.717) is 5.88 Å². The standard InChI is InChI=1S/C20H19N3OS/c1-13-12-16(24-20-19-15(6-8-22-20)7-11-25-19)4-5-17(13)18-14(2)21-9-10-23(18)3/h4-12,21H,1-3H3. The molecule has 1 aliphatic heterocycles. The van der Waals surface area contributed by atoms with E-state index in [4.69, 9.17) is 4.74 Å². The number of aromatic nitrogens is 1. The van der Waals surface area contributed by atoms with Crippen molar-refractivity contribution in [3.63, 3.8) is 0 Å². The predicted octanol–water partition coefficient (Wildman–Crippen LogP) is 5.09. The van der Waals surface area contributed by atoms with Gasteiger partial charge in [0, 0.05) is 36.9 Å². The molecule has 0 amide bonds. The Labute approximate surface area is 151 Å². The first-order valence-electron chi connectivity index (χ1n) is 8.11. The molecule has 0 radical (unpaired) electrons. The SMILES string of the molecule is CC1=C(c2ccc(Oc3nccc4ccsc34)cc2C)N(C)C=CN1. The number of ether oxygens (including phenoxy) is 1. The summed E-state index contributed by atoms with van der Waals surface area (Å²) in [6, 6.07) is 10.3. The van der Waals surface area contributed by atoms with Crippen molar-refractivity contribution < 1.29 is 4.74 Å². The third kappa shape index (κ3) is 2.87. The quantitative estimate of drug-likeness (QED) is 0.714. The number of nitrogens with one attached hydrogen (secondary N) is 1. The van der Waals surface area contributed by atoms with Gasteiger partial charge in [0.2, 0.25) is 5.88 Å². The van der Waals surface area contributed by atoms with Crippen molar-refractivity contribution in [3.8, 4) is 11.6 Å². The number of nitrogens with zero attached hydrogens (tertiary/aromatic N) is 2. The number of allylic oxidation sites excluding steroid dienone is 1. The normalized spacial score (nSPS) is 14.1. The Morgan fingerprint density at radius 1 is 1.16 bits per heavy atom. The predicted molar refractivity (Wildman–Crippen MR) is 104 cm³/mol. The third-order valence-electron chi connectivity index (χ3n) is 4.31. The lowest BCUT2D eigenvalue weighted by Crippen LogP contribution is -2.21. The van der Waals surface area contributed by atoms with Gasteiger partial charge in [-0.25, -0.2) is 4.98 Å². The van der Waals surface area contributed by atoms with E-state index < -0.39 is 0 Å². The Morgan fingerprint density at radius 3 is 2.84 bits per heavy atom. The molecule has 0 unspecified atom stereocenters. The van der Waals surface area contributed by atoms with Crippen LogP contribution in [0.4, 0.5) is 0 Å². The van der Waals surface area contributed by atoms with Crippen LogP contribution in [0.1, 0.15) is 18.1 Å². The minimum Gasteiger partial charge on any atom is -0.438 e. The molecule has 1 N–H and O–H groups in total. The van der Waals surface area contributed by atoms with Crippen molar-refractivity contribution >= 4 is 27.1 Å². The molecule has 0 saturated carbocycles. The van der Waals surface area contributed by atoms with Crippen LogP contribution in [0.15, 0.2) is 60.0 Å². The Hall–Kier alpha value is -2.79. The number of pyridine rings is 1. The van der Waals surface area contributed by atoms with E-state index in [1.807, 2.05) is 24.5 Å². The molecule has 25 heavy (non-hydrogen) atoms. The lowest BCUT2D eigenvalue weighted by molar-refractivity contribution is 0.469. The van der Waals surface area contributed by atoms with E-state index in [1.165, 1.54) is 11.3 Å². The molecular formula is C20H19N3OS. The summed E-state index contributed by atoms with van der Waals surface area (Å²) < 4.78 is 7.14. The first kappa shape index (κ1) is 15.7. The van der Waals surface area contributed by atoms with E-state index in [-0.39, 0.29) is 0 Å². The van der Waals surface area contributed by atoms with Gasteiger partial charge in [0.05, 0.1) is 10.4 Å². The highest BCUT2D eigenvalue weighted by Crippen LogP contribution is 2.34. The van der Waals surface area contributed by atoms with Crippen LogP contribution in [-0.4, -0.2) is 16.9 Å². The molecule has 0 fully saturated rings. The monoisotopic (exact) mass is 349 g/mol. The number of rotatable bonds is 3. The second kappa shape index (κ2) is 6.26. The van der Waals surface area contributed by atoms with Crippen LogP contribution in [0.3, 0.4) is 0 Å². The largest absolute Gasteiger partial charge is 0.438 e. The van der Waals surface area contributed by atoms with Crippen molar-refractivity contribution in [1.82, 2.24) is 15.2 Å². The average molecular weight is 349 g/mol. The number of aryl methyl sites for hydroxylation is 1. The molecule has 0 bridgehead atoms. The highest BCUT2D eigenvalue weighted by atomic mass is 32.1. The molecule has 0 saturated heterocycles. The van der Waals surface area contributed by atoms with Gasteiger partial charge >= 0.3 is 0 Å². The van der Waals surface area contributed by atoms with E-state index in [2.05, 4.69) is 59.7 Å². The first-order valence-corrected chi connectivity index (χ1v) is 8.99. The van der Waals surface area contributed by atoms with Crippen molar-refractivity contribution in [3.05, 3.63) is 71.1 Å². The molecule has 1 aromatic carbocycles. The van der Waals surface area contributed by atoms with Gasteiger partial charge in [0.15, 0.2) is 0 Å². The second-order valence-electron chi connectivity index (χ2n) is 6.08. The van der Waals surface area contributed by atoms with E-state index >= 15 is 0 Å². The summed E-state index contributed by atoms with van der Waals surface area (Å²) in [5.74, 6) is 1.46. The lowest BCUT2D eigenvalue weighted by Gasteiger charge is -2.26. The maximum absolute atomic E-state index is 6.07. The highest BCUT2D eigenvalue weighted by Gasteiger charge is 2.15. The van der Waals surface area contributed by atoms with Gasteiger partial charge in [-0.3, -0.25) is 0 Å². The van der Waals surface area contributed by atoms with E-state index in [0.717, 1.165) is 27.1 Å². The number of hydrogen-bond donors (Lipinski definition) is 1. The fourth-order valence-corrected chi connectivity index (χ4v) is 3.91. The molecular weight excluding hydrogens is 330 g/mol. The molecule has 126 valence electrons. The summed E-state index contributed by atoms with van der Waals surface area (Å²) in [6.45, 7) is 4.19.